The van der Waals surface area contributed by atoms with Crippen LogP contribution in [0.25, 0.3) is 0 Å². The summed E-state index contributed by atoms with van der Waals surface area (Å²) in [5.41, 5.74) is 2.31. The van der Waals surface area contributed by atoms with Crippen LogP contribution >= 0.6 is 0 Å². The van der Waals surface area contributed by atoms with Gasteiger partial charge in [-0.05, 0) is 56.2 Å². The molecule has 0 aliphatic heterocycles. The van der Waals surface area contributed by atoms with E-state index in [4.69, 9.17) is 4.28 Å². The van der Waals surface area contributed by atoms with Gasteiger partial charge in [-0.1, -0.05) is 22.9 Å². The molecular formula is C15H15NO4S. The molecule has 0 unspecified atom stereocenters. The Labute approximate surface area is 123 Å². The van der Waals surface area contributed by atoms with Gasteiger partial charge in [-0.15, -0.1) is 0 Å². The standard InChI is InChI=1S/C15H15NO4S/c1-10-4-6-13(7-5-10)21(18,19)20-16-14-8-12(3)15(17)9-11(14)2/h4-9H,1-3H3/b16-14-. The molecule has 1 aromatic carbocycles. The minimum Gasteiger partial charge on any atom is -0.290 e. The summed E-state index contributed by atoms with van der Waals surface area (Å²) in [4.78, 5) is 11.5. The molecular weight excluding hydrogens is 290 g/mol. The van der Waals surface area contributed by atoms with Gasteiger partial charge in [0.1, 0.15) is 10.6 Å². The van der Waals surface area contributed by atoms with E-state index in [1.54, 1.807) is 26.0 Å². The molecule has 0 radical (unpaired) electrons. The summed E-state index contributed by atoms with van der Waals surface area (Å²) < 4.78 is 28.7. The van der Waals surface area contributed by atoms with Crippen LogP contribution in [0.15, 0.2) is 57.6 Å². The fraction of sp³-hybridized carbons (Fsp3) is 0.200. The molecule has 0 N–H and O–H groups in total. The van der Waals surface area contributed by atoms with Crippen LogP contribution in [0.1, 0.15) is 19.4 Å². The largest absolute Gasteiger partial charge is 0.358 e. The molecule has 110 valence electrons. The van der Waals surface area contributed by atoms with E-state index in [-0.39, 0.29) is 10.7 Å². The number of allylic oxidation sites excluding steroid dienone is 4. The molecule has 1 aromatic rings. The van der Waals surface area contributed by atoms with Crippen molar-refractivity contribution in [2.75, 3.05) is 0 Å². The molecule has 0 saturated carbocycles. The van der Waals surface area contributed by atoms with Gasteiger partial charge < -0.3 is 0 Å². The zero-order chi connectivity index (χ0) is 15.6. The molecule has 0 saturated heterocycles. The highest BCUT2D eigenvalue weighted by atomic mass is 32.2. The van der Waals surface area contributed by atoms with Gasteiger partial charge in [0.15, 0.2) is 5.78 Å². The highest BCUT2D eigenvalue weighted by Crippen LogP contribution is 2.16. The van der Waals surface area contributed by atoms with Gasteiger partial charge in [0, 0.05) is 0 Å². The van der Waals surface area contributed by atoms with E-state index in [1.165, 1.54) is 24.3 Å². The Morgan fingerprint density at radius 2 is 1.57 bits per heavy atom. The zero-order valence-corrected chi connectivity index (χ0v) is 12.8. The second-order valence-corrected chi connectivity index (χ2v) is 6.37. The summed E-state index contributed by atoms with van der Waals surface area (Å²) in [6.45, 7) is 5.16. The minimum atomic E-state index is -3.96. The number of hydrogen-bond acceptors (Lipinski definition) is 5. The third-order valence-corrected chi connectivity index (χ3v) is 4.16. The second kappa shape index (κ2) is 5.65. The molecule has 0 fully saturated rings. The Hall–Kier alpha value is -2.21. The number of hydrogen-bond donors (Lipinski definition) is 0. The average Bonchev–Trinajstić information content (AvgIpc) is 2.42. The lowest BCUT2D eigenvalue weighted by molar-refractivity contribution is -0.111. The molecule has 6 heteroatoms. The van der Waals surface area contributed by atoms with Gasteiger partial charge in [0.2, 0.25) is 0 Å². The molecule has 21 heavy (non-hydrogen) atoms. The van der Waals surface area contributed by atoms with Crippen molar-refractivity contribution in [1.82, 2.24) is 0 Å². The third-order valence-electron chi connectivity index (χ3n) is 3.04. The summed E-state index contributed by atoms with van der Waals surface area (Å²) >= 11 is 0. The summed E-state index contributed by atoms with van der Waals surface area (Å²) in [5.74, 6) is -0.118. The Bertz CT molecular complexity index is 768. The lowest BCUT2D eigenvalue weighted by Gasteiger charge is -2.09. The van der Waals surface area contributed by atoms with E-state index in [0.717, 1.165) is 5.56 Å². The first-order valence-corrected chi connectivity index (χ1v) is 7.70. The third kappa shape index (κ3) is 3.46. The van der Waals surface area contributed by atoms with Crippen LogP contribution in [0.5, 0.6) is 0 Å². The number of ketones is 1. The number of aryl methyl sites for hydroxylation is 1. The van der Waals surface area contributed by atoms with E-state index >= 15 is 0 Å². The monoisotopic (exact) mass is 305 g/mol. The first-order chi connectivity index (χ1) is 9.79. The van der Waals surface area contributed by atoms with Crippen LogP contribution in [0, 0.1) is 6.92 Å². The highest BCUT2D eigenvalue weighted by molar-refractivity contribution is 7.86. The van der Waals surface area contributed by atoms with E-state index in [2.05, 4.69) is 5.16 Å². The van der Waals surface area contributed by atoms with Gasteiger partial charge in [-0.2, -0.15) is 8.42 Å². The van der Waals surface area contributed by atoms with Crippen molar-refractivity contribution in [3.05, 3.63) is 53.1 Å². The van der Waals surface area contributed by atoms with Gasteiger partial charge in [0.05, 0.1) is 0 Å². The molecule has 2 rings (SSSR count). The smallest absolute Gasteiger partial charge is 0.290 e. The first-order valence-electron chi connectivity index (χ1n) is 6.29. The van der Waals surface area contributed by atoms with Crippen LogP contribution in [0.4, 0.5) is 0 Å². The van der Waals surface area contributed by atoms with E-state index in [9.17, 15) is 13.2 Å². The average molecular weight is 305 g/mol. The van der Waals surface area contributed by atoms with Crippen LogP contribution in [-0.2, 0) is 19.2 Å². The highest BCUT2D eigenvalue weighted by Gasteiger charge is 2.18. The summed E-state index contributed by atoms with van der Waals surface area (Å²) in [5, 5.41) is 3.65. The van der Waals surface area contributed by atoms with Gasteiger partial charge in [-0.25, -0.2) is 0 Å². The van der Waals surface area contributed by atoms with Crippen molar-refractivity contribution in [1.29, 1.82) is 0 Å². The summed E-state index contributed by atoms with van der Waals surface area (Å²) in [7, 11) is -3.96. The van der Waals surface area contributed by atoms with E-state index < -0.39 is 10.1 Å². The Morgan fingerprint density at radius 1 is 0.952 bits per heavy atom. The summed E-state index contributed by atoms with van der Waals surface area (Å²) in [6.07, 6.45) is 2.90. The van der Waals surface area contributed by atoms with Crippen molar-refractivity contribution in [3.8, 4) is 0 Å². The lowest BCUT2D eigenvalue weighted by Crippen LogP contribution is -2.12. The van der Waals surface area contributed by atoms with Crippen LogP contribution in [-0.4, -0.2) is 19.9 Å². The van der Waals surface area contributed by atoms with Gasteiger partial charge in [0.25, 0.3) is 0 Å². The van der Waals surface area contributed by atoms with Crippen molar-refractivity contribution in [2.24, 2.45) is 5.16 Å². The predicted molar refractivity (Wildman–Crippen MR) is 79.4 cm³/mol. The second-order valence-electron chi connectivity index (χ2n) is 4.84. The van der Waals surface area contributed by atoms with Crippen molar-refractivity contribution in [2.45, 2.75) is 25.7 Å². The van der Waals surface area contributed by atoms with Crippen molar-refractivity contribution in [3.63, 3.8) is 0 Å². The number of carbonyl (C=O) groups excluding carboxylic acids is 1. The molecule has 1 aliphatic rings. The van der Waals surface area contributed by atoms with Crippen LogP contribution < -0.4 is 0 Å². The molecule has 0 bridgehead atoms. The van der Waals surface area contributed by atoms with Crippen LogP contribution in [0.2, 0.25) is 0 Å². The lowest BCUT2D eigenvalue weighted by atomic mass is 9.99. The maximum absolute atomic E-state index is 12.0. The van der Waals surface area contributed by atoms with Gasteiger partial charge >= 0.3 is 10.1 Å². The molecule has 1 aliphatic carbocycles. The number of rotatable bonds is 3. The number of oxime groups is 1. The maximum Gasteiger partial charge on any atom is 0.358 e. The number of carbonyl (C=O) groups is 1. The SMILES string of the molecule is CC1=C/C(=N/OS(=O)(=O)c2ccc(C)cc2)C(C)=CC1=O. The minimum absolute atomic E-state index is 0.0340. The molecule has 0 spiro atoms. The quantitative estimate of drug-likeness (QED) is 0.635. The Balaban J connectivity index is 2.26. The van der Waals surface area contributed by atoms with Crippen molar-refractivity contribution < 1.29 is 17.5 Å². The maximum atomic E-state index is 12.0. The van der Waals surface area contributed by atoms with E-state index in [0.29, 0.717) is 16.9 Å². The van der Waals surface area contributed by atoms with Gasteiger partial charge in [-0.3, -0.25) is 9.08 Å². The van der Waals surface area contributed by atoms with Crippen LogP contribution in [0.3, 0.4) is 0 Å². The topological polar surface area (TPSA) is 72.8 Å². The molecule has 0 amide bonds. The van der Waals surface area contributed by atoms with Crippen molar-refractivity contribution >= 4 is 21.6 Å². The number of benzene rings is 1. The fourth-order valence-corrected chi connectivity index (χ4v) is 2.44. The Kier molecular flexibility index (Phi) is 4.09. The molecule has 0 atom stereocenters. The predicted octanol–water partition coefficient (Wildman–Crippen LogP) is 2.53. The molecule has 0 aromatic heterocycles. The van der Waals surface area contributed by atoms with E-state index in [1.807, 2.05) is 6.92 Å². The molecule has 0 heterocycles. The normalized spacial score (nSPS) is 17.5. The molecule has 5 nitrogen and oxygen atoms in total. The number of nitrogens with zero attached hydrogens (tertiary/aromatic N) is 1. The fourth-order valence-electron chi connectivity index (χ4n) is 1.71. The summed E-state index contributed by atoms with van der Waals surface area (Å²) in [6, 6.07) is 6.27. The Morgan fingerprint density at radius 3 is 2.19 bits per heavy atom. The zero-order valence-electron chi connectivity index (χ0n) is 12.0. The first kappa shape index (κ1) is 15.2.